The molecule has 118 valence electrons. The minimum Gasteiger partial charge on any atom is -0.383 e. The van der Waals surface area contributed by atoms with Crippen molar-refractivity contribution in [2.24, 2.45) is 0 Å². The van der Waals surface area contributed by atoms with Gasteiger partial charge in [-0.25, -0.2) is 0 Å². The van der Waals surface area contributed by atoms with E-state index in [1.165, 1.54) is 15.7 Å². The molecule has 0 amide bonds. The van der Waals surface area contributed by atoms with Crippen LogP contribution in [0, 0.1) is 0 Å². The van der Waals surface area contributed by atoms with Gasteiger partial charge in [0.1, 0.15) is 0 Å². The van der Waals surface area contributed by atoms with Crippen LogP contribution in [0.1, 0.15) is 12.5 Å². The molecule has 1 aromatic carbocycles. The van der Waals surface area contributed by atoms with Gasteiger partial charge in [-0.15, -0.1) is 0 Å². The molecule has 0 atom stereocenters. The van der Waals surface area contributed by atoms with Gasteiger partial charge in [-0.1, -0.05) is 28.9 Å². The lowest BCUT2D eigenvalue weighted by Gasteiger charge is -2.35. The molecule has 0 saturated carbocycles. The van der Waals surface area contributed by atoms with E-state index in [-0.39, 0.29) is 0 Å². The van der Waals surface area contributed by atoms with Gasteiger partial charge in [0.15, 0.2) is 0 Å². The molecule has 0 unspecified atom stereocenters. The minimum absolute atomic E-state index is 0.747. The van der Waals surface area contributed by atoms with E-state index >= 15 is 0 Å². The summed E-state index contributed by atoms with van der Waals surface area (Å²) in [6.45, 7) is 10.4. The van der Waals surface area contributed by atoms with Crippen molar-refractivity contribution in [1.29, 1.82) is 0 Å². The van der Waals surface area contributed by atoms with Crippen molar-refractivity contribution in [2.45, 2.75) is 13.5 Å². The minimum atomic E-state index is 0.747. The van der Waals surface area contributed by atoms with E-state index in [1.807, 2.05) is 0 Å². The lowest BCUT2D eigenvalue weighted by Crippen LogP contribution is -2.46. The van der Waals surface area contributed by atoms with E-state index in [1.54, 1.807) is 7.11 Å². The third-order valence-corrected chi connectivity index (χ3v) is 4.76. The molecule has 0 radical (unpaired) electrons. The number of methoxy groups -OCH3 is 1. The van der Waals surface area contributed by atoms with Crippen molar-refractivity contribution in [2.75, 3.05) is 57.9 Å². The summed E-state index contributed by atoms with van der Waals surface area (Å²) in [6, 6.07) is 6.69. The zero-order valence-electron chi connectivity index (χ0n) is 13.1. The predicted molar refractivity (Wildman–Crippen MR) is 92.1 cm³/mol. The van der Waals surface area contributed by atoms with Crippen LogP contribution in [-0.4, -0.2) is 57.9 Å². The Labute approximate surface area is 136 Å². The van der Waals surface area contributed by atoms with Crippen LogP contribution in [0.5, 0.6) is 0 Å². The highest BCUT2D eigenvalue weighted by Crippen LogP contribution is 2.25. The fraction of sp³-hybridized carbons (Fsp3) is 0.625. The van der Waals surface area contributed by atoms with Crippen molar-refractivity contribution in [3.63, 3.8) is 0 Å². The normalized spacial score (nSPS) is 16.4. The summed E-state index contributed by atoms with van der Waals surface area (Å²) in [5.74, 6) is 0. The largest absolute Gasteiger partial charge is 0.383 e. The van der Waals surface area contributed by atoms with Crippen molar-refractivity contribution in [1.82, 2.24) is 10.2 Å². The molecule has 1 aliphatic heterocycles. The third kappa shape index (κ3) is 4.95. The average molecular weight is 356 g/mol. The molecule has 1 heterocycles. The fourth-order valence-corrected chi connectivity index (χ4v) is 3.10. The predicted octanol–water partition coefficient (Wildman–Crippen LogP) is 2.33. The fourth-order valence-electron chi connectivity index (χ4n) is 2.60. The molecule has 0 aromatic heterocycles. The second-order valence-electron chi connectivity index (χ2n) is 5.37. The molecule has 1 N–H and O–H groups in total. The number of nitrogens with one attached hydrogen (secondary N) is 1. The van der Waals surface area contributed by atoms with E-state index in [9.17, 15) is 0 Å². The van der Waals surface area contributed by atoms with Crippen LogP contribution in [-0.2, 0) is 11.3 Å². The highest BCUT2D eigenvalue weighted by atomic mass is 79.9. The van der Waals surface area contributed by atoms with Crippen molar-refractivity contribution in [3.8, 4) is 0 Å². The summed E-state index contributed by atoms with van der Waals surface area (Å²) in [7, 11) is 1.73. The molecule has 1 saturated heterocycles. The summed E-state index contributed by atoms with van der Waals surface area (Å²) in [5, 5.41) is 3.38. The summed E-state index contributed by atoms with van der Waals surface area (Å²) < 4.78 is 6.22. The number of halogens is 1. The van der Waals surface area contributed by atoms with Gasteiger partial charge in [-0.3, -0.25) is 0 Å². The molecule has 5 heteroatoms. The summed E-state index contributed by atoms with van der Waals surface area (Å²) >= 11 is 3.70. The lowest BCUT2D eigenvalue weighted by atomic mass is 10.1. The van der Waals surface area contributed by atoms with Crippen LogP contribution in [0.4, 0.5) is 5.69 Å². The standard InChI is InChI=1S/C16H26BrN3O/c1-3-19-7-9-20(10-8-19)15-5-4-14(16(17)12-15)13-18-6-11-21-2/h4-5,12,18H,3,6-11,13H2,1-2H3. The first-order valence-electron chi connectivity index (χ1n) is 7.70. The van der Waals surface area contributed by atoms with Crippen LogP contribution in [0.2, 0.25) is 0 Å². The highest BCUT2D eigenvalue weighted by Gasteiger charge is 2.16. The van der Waals surface area contributed by atoms with Gasteiger partial charge in [0.2, 0.25) is 0 Å². The quantitative estimate of drug-likeness (QED) is 0.759. The van der Waals surface area contributed by atoms with Gasteiger partial charge in [-0.05, 0) is 24.2 Å². The number of nitrogens with zero attached hydrogens (tertiary/aromatic N) is 2. The van der Waals surface area contributed by atoms with E-state index in [0.717, 1.165) is 52.4 Å². The molecule has 2 rings (SSSR count). The van der Waals surface area contributed by atoms with Crippen molar-refractivity contribution >= 4 is 21.6 Å². The topological polar surface area (TPSA) is 27.7 Å². The average Bonchev–Trinajstić information content (AvgIpc) is 2.53. The molecule has 1 aromatic rings. The first-order valence-corrected chi connectivity index (χ1v) is 8.49. The number of hydrogen-bond acceptors (Lipinski definition) is 4. The van der Waals surface area contributed by atoms with E-state index in [4.69, 9.17) is 4.74 Å². The van der Waals surface area contributed by atoms with Gasteiger partial charge in [0, 0.05) is 56.5 Å². The first-order chi connectivity index (χ1) is 10.2. The van der Waals surface area contributed by atoms with E-state index in [2.05, 4.69) is 56.2 Å². The number of rotatable bonds is 7. The highest BCUT2D eigenvalue weighted by molar-refractivity contribution is 9.10. The molecule has 1 aliphatic rings. The third-order valence-electron chi connectivity index (χ3n) is 4.02. The van der Waals surface area contributed by atoms with Crippen LogP contribution in [0.25, 0.3) is 0 Å². The molecule has 4 nitrogen and oxygen atoms in total. The maximum atomic E-state index is 5.04. The lowest BCUT2D eigenvalue weighted by molar-refractivity contribution is 0.199. The second-order valence-corrected chi connectivity index (χ2v) is 6.22. The molecular weight excluding hydrogens is 330 g/mol. The van der Waals surface area contributed by atoms with Crippen LogP contribution >= 0.6 is 15.9 Å². The van der Waals surface area contributed by atoms with E-state index < -0.39 is 0 Å². The number of benzene rings is 1. The van der Waals surface area contributed by atoms with Crippen molar-refractivity contribution in [3.05, 3.63) is 28.2 Å². The maximum Gasteiger partial charge on any atom is 0.0587 e. The van der Waals surface area contributed by atoms with Gasteiger partial charge < -0.3 is 19.9 Å². The van der Waals surface area contributed by atoms with E-state index in [0.29, 0.717) is 0 Å². The molecule has 0 aliphatic carbocycles. The van der Waals surface area contributed by atoms with Crippen LogP contribution < -0.4 is 10.2 Å². The summed E-state index contributed by atoms with van der Waals surface area (Å²) in [4.78, 5) is 4.97. The Hall–Kier alpha value is -0.620. The Morgan fingerprint density at radius 3 is 2.62 bits per heavy atom. The van der Waals surface area contributed by atoms with Gasteiger partial charge in [0.05, 0.1) is 6.61 Å². The monoisotopic (exact) mass is 355 g/mol. The molecule has 21 heavy (non-hydrogen) atoms. The number of ether oxygens (including phenoxy) is 1. The van der Waals surface area contributed by atoms with Gasteiger partial charge in [0.25, 0.3) is 0 Å². The second kappa shape index (κ2) is 8.73. The molecule has 1 fully saturated rings. The molecule has 0 spiro atoms. The maximum absolute atomic E-state index is 5.04. The number of likely N-dealkylation sites (N-methyl/N-ethyl adjacent to an activating group) is 1. The number of anilines is 1. The Bertz CT molecular complexity index is 434. The number of hydrogen-bond donors (Lipinski definition) is 1. The van der Waals surface area contributed by atoms with Gasteiger partial charge in [-0.2, -0.15) is 0 Å². The Morgan fingerprint density at radius 2 is 2.00 bits per heavy atom. The molecule has 0 bridgehead atoms. The summed E-state index contributed by atoms with van der Waals surface area (Å²) in [5.41, 5.74) is 2.61. The Kier molecular flexibility index (Phi) is 6.96. The summed E-state index contributed by atoms with van der Waals surface area (Å²) in [6.07, 6.45) is 0. The SMILES string of the molecule is CCN1CCN(c2ccc(CNCCOC)c(Br)c2)CC1. The Morgan fingerprint density at radius 1 is 1.24 bits per heavy atom. The van der Waals surface area contributed by atoms with Crippen LogP contribution in [0.15, 0.2) is 22.7 Å². The Balaban J connectivity index is 1.89. The number of piperazine rings is 1. The zero-order chi connectivity index (χ0) is 15.1. The first kappa shape index (κ1) is 16.7. The molecular formula is C16H26BrN3O. The van der Waals surface area contributed by atoms with Crippen LogP contribution in [0.3, 0.4) is 0 Å². The van der Waals surface area contributed by atoms with Crippen molar-refractivity contribution < 1.29 is 4.74 Å². The zero-order valence-corrected chi connectivity index (χ0v) is 14.7. The smallest absolute Gasteiger partial charge is 0.0587 e. The van der Waals surface area contributed by atoms with Gasteiger partial charge >= 0.3 is 0 Å².